The zero-order valence-electron chi connectivity index (χ0n) is 10.0. The Hall–Kier alpha value is -1.77. The van der Waals surface area contributed by atoms with Crippen molar-refractivity contribution in [3.63, 3.8) is 0 Å². The number of nitrogens with two attached hydrogens (primary N) is 1. The molecule has 0 fully saturated rings. The van der Waals surface area contributed by atoms with Gasteiger partial charge in [0.1, 0.15) is 11.9 Å². The van der Waals surface area contributed by atoms with Crippen molar-refractivity contribution in [3.8, 4) is 6.07 Å². The van der Waals surface area contributed by atoms with Crippen molar-refractivity contribution >= 4 is 44.7 Å². The van der Waals surface area contributed by atoms with Crippen LogP contribution in [-0.2, 0) is 0 Å². The van der Waals surface area contributed by atoms with E-state index in [1.165, 1.54) is 0 Å². The molecule has 0 saturated carbocycles. The molecular weight excluding hydrogens is 328 g/mol. The van der Waals surface area contributed by atoms with E-state index in [2.05, 4.69) is 32.3 Å². The number of aromatic nitrogens is 1. The second kappa shape index (κ2) is 5.47. The van der Waals surface area contributed by atoms with Crippen molar-refractivity contribution < 1.29 is 0 Å². The highest BCUT2D eigenvalue weighted by molar-refractivity contribution is 9.10. The zero-order chi connectivity index (χ0) is 14.0. The molecule has 0 unspecified atom stereocenters. The highest BCUT2D eigenvalue weighted by Crippen LogP contribution is 2.31. The lowest BCUT2D eigenvalue weighted by atomic mass is 10.2. The first kappa shape index (κ1) is 13.7. The molecule has 0 aliphatic heterocycles. The first-order chi connectivity index (χ1) is 9.02. The van der Waals surface area contributed by atoms with Crippen LogP contribution in [0.5, 0.6) is 0 Å². The molecule has 2 aromatic rings. The minimum atomic E-state index is 0.493. The number of nitrogens with zero attached hydrogens (tertiary/aromatic N) is 2. The normalized spacial score (nSPS) is 10.0. The summed E-state index contributed by atoms with van der Waals surface area (Å²) in [6.07, 6.45) is 1.57. The van der Waals surface area contributed by atoms with Crippen molar-refractivity contribution in [1.29, 1.82) is 5.26 Å². The number of rotatable bonds is 2. The predicted octanol–water partition coefficient (Wildman–Crippen LogP) is 4.00. The first-order valence-corrected chi connectivity index (χ1v) is 6.57. The molecule has 1 aromatic heterocycles. The van der Waals surface area contributed by atoms with Crippen LogP contribution in [0.2, 0.25) is 5.02 Å². The molecular formula is C13H10BrClN4. The highest BCUT2D eigenvalue weighted by Gasteiger charge is 2.10. The summed E-state index contributed by atoms with van der Waals surface area (Å²) < 4.78 is 0.761. The molecule has 0 atom stereocenters. The average Bonchev–Trinajstić information content (AvgIpc) is 2.40. The van der Waals surface area contributed by atoms with Gasteiger partial charge in [-0.3, -0.25) is 0 Å². The molecule has 0 spiro atoms. The zero-order valence-corrected chi connectivity index (χ0v) is 12.4. The maximum Gasteiger partial charge on any atom is 0.145 e. The van der Waals surface area contributed by atoms with E-state index in [4.69, 9.17) is 22.6 Å². The van der Waals surface area contributed by atoms with Crippen molar-refractivity contribution in [1.82, 2.24) is 4.98 Å². The summed E-state index contributed by atoms with van der Waals surface area (Å²) in [5.41, 5.74) is 8.35. The third-order valence-electron chi connectivity index (χ3n) is 2.66. The second-order valence-electron chi connectivity index (χ2n) is 3.93. The van der Waals surface area contributed by atoms with Gasteiger partial charge < -0.3 is 11.1 Å². The van der Waals surface area contributed by atoms with Gasteiger partial charge in [0.25, 0.3) is 0 Å². The third kappa shape index (κ3) is 2.80. The van der Waals surface area contributed by atoms with Gasteiger partial charge in [0.15, 0.2) is 0 Å². The summed E-state index contributed by atoms with van der Waals surface area (Å²) in [7, 11) is 0. The monoisotopic (exact) mass is 336 g/mol. The maximum atomic E-state index is 9.07. The fourth-order valence-corrected chi connectivity index (χ4v) is 2.13. The molecule has 1 aromatic carbocycles. The molecule has 4 nitrogen and oxygen atoms in total. The Bertz CT molecular complexity index is 679. The molecule has 0 amide bonds. The summed E-state index contributed by atoms with van der Waals surface area (Å²) in [6.45, 7) is 1.88. The maximum absolute atomic E-state index is 9.07. The predicted molar refractivity (Wildman–Crippen MR) is 80.5 cm³/mol. The Morgan fingerprint density at radius 3 is 2.89 bits per heavy atom. The number of hydrogen-bond donors (Lipinski definition) is 2. The Balaban J connectivity index is 2.45. The number of anilines is 3. The molecule has 3 N–H and O–H groups in total. The Morgan fingerprint density at radius 2 is 2.21 bits per heavy atom. The van der Waals surface area contributed by atoms with Gasteiger partial charge in [0, 0.05) is 5.02 Å². The molecule has 6 heteroatoms. The summed E-state index contributed by atoms with van der Waals surface area (Å²) in [6, 6.07) is 7.10. The molecule has 0 saturated heterocycles. The summed E-state index contributed by atoms with van der Waals surface area (Å²) in [4.78, 5) is 4.20. The minimum absolute atomic E-state index is 0.493. The highest BCUT2D eigenvalue weighted by atomic mass is 79.9. The lowest BCUT2D eigenvalue weighted by Gasteiger charge is -2.12. The van der Waals surface area contributed by atoms with E-state index in [0.717, 1.165) is 10.0 Å². The van der Waals surface area contributed by atoms with Crippen molar-refractivity contribution in [2.75, 3.05) is 11.1 Å². The van der Waals surface area contributed by atoms with Crippen molar-refractivity contribution in [3.05, 3.63) is 45.0 Å². The topological polar surface area (TPSA) is 74.7 Å². The standard InChI is InChI=1S/C13H10BrClN4/c1-7-10(17)6-18-13(12(7)14)19-11-4-9(15)3-2-8(11)5-16/h2-4,6H,17H2,1H3,(H,18,19). The lowest BCUT2D eigenvalue weighted by Crippen LogP contribution is -2.00. The molecule has 2 rings (SSSR count). The molecule has 96 valence electrons. The number of hydrogen-bond acceptors (Lipinski definition) is 4. The van der Waals surface area contributed by atoms with Crippen LogP contribution in [0, 0.1) is 18.3 Å². The number of nitrogen functional groups attached to an aromatic ring is 1. The molecule has 0 aliphatic carbocycles. The van der Waals surface area contributed by atoms with Gasteiger partial charge in [-0.05, 0) is 46.6 Å². The molecule has 19 heavy (non-hydrogen) atoms. The van der Waals surface area contributed by atoms with E-state index in [-0.39, 0.29) is 0 Å². The lowest BCUT2D eigenvalue weighted by molar-refractivity contribution is 1.25. The molecule has 0 radical (unpaired) electrons. The quantitative estimate of drug-likeness (QED) is 0.868. The number of halogens is 2. The van der Waals surface area contributed by atoms with E-state index in [0.29, 0.717) is 27.8 Å². The largest absolute Gasteiger partial charge is 0.397 e. The fourth-order valence-electron chi connectivity index (χ4n) is 1.52. The Labute approximate surface area is 124 Å². The van der Waals surface area contributed by atoms with Gasteiger partial charge in [-0.25, -0.2) is 4.98 Å². The Morgan fingerprint density at radius 1 is 1.47 bits per heavy atom. The number of benzene rings is 1. The average molecular weight is 338 g/mol. The number of nitriles is 1. The van der Waals surface area contributed by atoms with Crippen LogP contribution < -0.4 is 11.1 Å². The van der Waals surface area contributed by atoms with Crippen molar-refractivity contribution in [2.24, 2.45) is 0 Å². The fraction of sp³-hybridized carbons (Fsp3) is 0.0769. The third-order valence-corrected chi connectivity index (χ3v) is 3.86. The Kier molecular flexibility index (Phi) is 3.93. The number of pyridine rings is 1. The van der Waals surface area contributed by atoms with Crippen LogP contribution in [-0.4, -0.2) is 4.98 Å². The SMILES string of the molecule is Cc1c(N)cnc(Nc2cc(Cl)ccc2C#N)c1Br. The number of nitrogens with one attached hydrogen (secondary N) is 1. The first-order valence-electron chi connectivity index (χ1n) is 5.40. The molecule has 0 aliphatic rings. The van der Waals surface area contributed by atoms with Gasteiger partial charge in [0.2, 0.25) is 0 Å². The van der Waals surface area contributed by atoms with Crippen LogP contribution in [0.1, 0.15) is 11.1 Å². The van der Waals surface area contributed by atoms with Crippen LogP contribution in [0.15, 0.2) is 28.9 Å². The summed E-state index contributed by atoms with van der Waals surface area (Å²) in [5.74, 6) is 0.588. The van der Waals surface area contributed by atoms with E-state index in [1.54, 1.807) is 24.4 Å². The van der Waals surface area contributed by atoms with Crippen LogP contribution >= 0.6 is 27.5 Å². The molecule has 0 bridgehead atoms. The van der Waals surface area contributed by atoms with Gasteiger partial charge >= 0.3 is 0 Å². The van der Waals surface area contributed by atoms with E-state index < -0.39 is 0 Å². The smallest absolute Gasteiger partial charge is 0.145 e. The van der Waals surface area contributed by atoms with Gasteiger partial charge in [0.05, 0.1) is 27.6 Å². The summed E-state index contributed by atoms with van der Waals surface area (Å²) >= 11 is 9.37. The van der Waals surface area contributed by atoms with Gasteiger partial charge in [-0.2, -0.15) is 5.26 Å². The summed E-state index contributed by atoms with van der Waals surface area (Å²) in [5, 5.41) is 12.7. The van der Waals surface area contributed by atoms with Crippen LogP contribution in [0.3, 0.4) is 0 Å². The molecule has 1 heterocycles. The van der Waals surface area contributed by atoms with E-state index >= 15 is 0 Å². The van der Waals surface area contributed by atoms with Crippen LogP contribution in [0.4, 0.5) is 17.2 Å². The van der Waals surface area contributed by atoms with Gasteiger partial charge in [-0.15, -0.1) is 0 Å². The van der Waals surface area contributed by atoms with Gasteiger partial charge in [-0.1, -0.05) is 11.6 Å². The van der Waals surface area contributed by atoms with E-state index in [1.807, 2.05) is 6.92 Å². The van der Waals surface area contributed by atoms with Crippen LogP contribution in [0.25, 0.3) is 0 Å². The second-order valence-corrected chi connectivity index (χ2v) is 5.16. The van der Waals surface area contributed by atoms with Crippen molar-refractivity contribution in [2.45, 2.75) is 6.92 Å². The van der Waals surface area contributed by atoms with E-state index in [9.17, 15) is 0 Å². The minimum Gasteiger partial charge on any atom is -0.397 e.